The molecule has 1 rings (SSSR count). The maximum atomic E-state index is 6.26. The second-order valence-corrected chi connectivity index (χ2v) is 7.11. The van der Waals surface area contributed by atoms with E-state index in [1.165, 1.54) is 32.1 Å². The summed E-state index contributed by atoms with van der Waals surface area (Å²) in [7, 11) is 1.79. The molecule has 1 aliphatic carbocycles. The molecule has 0 amide bonds. The molecule has 3 unspecified atom stereocenters. The normalized spacial score (nSPS) is 29.1. The molecule has 3 atom stereocenters. The molecule has 1 aliphatic rings. The summed E-state index contributed by atoms with van der Waals surface area (Å²) in [5, 5.41) is 0. The van der Waals surface area contributed by atoms with Gasteiger partial charge in [-0.15, -0.1) is 0 Å². The molecule has 3 nitrogen and oxygen atoms in total. The Hall–Kier alpha value is -0.120. The van der Waals surface area contributed by atoms with Gasteiger partial charge in [0.15, 0.2) is 0 Å². The maximum absolute atomic E-state index is 6.26. The third-order valence-electron chi connectivity index (χ3n) is 5.00. The van der Waals surface area contributed by atoms with Crippen molar-refractivity contribution in [1.82, 2.24) is 4.90 Å². The number of nitrogens with zero attached hydrogens (tertiary/aromatic N) is 1. The Bertz CT molecular complexity index is 270. The van der Waals surface area contributed by atoms with E-state index in [2.05, 4.69) is 32.6 Å². The number of nitrogens with two attached hydrogens (primary N) is 1. The lowest BCUT2D eigenvalue weighted by atomic mass is 9.71. The van der Waals surface area contributed by atoms with Crippen molar-refractivity contribution >= 4 is 0 Å². The van der Waals surface area contributed by atoms with Crippen LogP contribution in [0.5, 0.6) is 0 Å². The Balaban J connectivity index is 2.82. The second-order valence-electron chi connectivity index (χ2n) is 7.11. The molecule has 0 bridgehead atoms. The molecule has 3 heteroatoms. The smallest absolute Gasteiger partial charge is 0.0615 e. The summed E-state index contributed by atoms with van der Waals surface area (Å²) >= 11 is 0. The molecule has 0 aromatic rings. The number of hydrogen-bond donors (Lipinski definition) is 1. The van der Waals surface area contributed by atoms with Gasteiger partial charge in [-0.2, -0.15) is 0 Å². The first-order chi connectivity index (χ1) is 9.49. The quantitative estimate of drug-likeness (QED) is 0.743. The predicted octanol–water partition coefficient (Wildman–Crippen LogP) is 3.28. The zero-order valence-electron chi connectivity index (χ0n) is 14.3. The monoisotopic (exact) mass is 284 g/mol. The Kier molecular flexibility index (Phi) is 7.49. The first kappa shape index (κ1) is 17.9. The van der Waals surface area contributed by atoms with E-state index in [9.17, 15) is 0 Å². The van der Waals surface area contributed by atoms with Gasteiger partial charge in [-0.1, -0.05) is 33.6 Å². The van der Waals surface area contributed by atoms with Gasteiger partial charge in [0.05, 0.1) is 6.61 Å². The van der Waals surface area contributed by atoms with Crippen LogP contribution in [0.3, 0.4) is 0 Å². The number of hydrogen-bond acceptors (Lipinski definition) is 3. The molecule has 1 fully saturated rings. The molecule has 0 aromatic carbocycles. The highest BCUT2D eigenvalue weighted by Gasteiger charge is 2.41. The summed E-state index contributed by atoms with van der Waals surface area (Å²) in [5.41, 5.74) is 6.46. The number of likely N-dealkylation sites (N-methyl/N-ethyl adjacent to an activating group) is 1. The fourth-order valence-corrected chi connectivity index (χ4v) is 4.34. The van der Waals surface area contributed by atoms with Crippen LogP contribution in [0.1, 0.15) is 59.8 Å². The van der Waals surface area contributed by atoms with Gasteiger partial charge in [-0.25, -0.2) is 0 Å². The van der Waals surface area contributed by atoms with Crippen molar-refractivity contribution in [3.63, 3.8) is 0 Å². The highest BCUT2D eigenvalue weighted by atomic mass is 16.5. The van der Waals surface area contributed by atoms with Gasteiger partial charge in [-0.05, 0) is 44.6 Å². The van der Waals surface area contributed by atoms with Gasteiger partial charge >= 0.3 is 0 Å². The standard InChI is InChI=1S/C17H36N2O/c1-6-19(15(4)12-20-5)17(13-18)9-7-8-16(11-17)10-14(2)3/h14-16H,6-13,18H2,1-5H3. The van der Waals surface area contributed by atoms with Crippen molar-refractivity contribution in [3.05, 3.63) is 0 Å². The molecular weight excluding hydrogens is 248 g/mol. The molecule has 1 saturated carbocycles. The minimum absolute atomic E-state index is 0.199. The Morgan fingerprint density at radius 1 is 1.35 bits per heavy atom. The largest absolute Gasteiger partial charge is 0.383 e. The number of ether oxygens (including phenoxy) is 1. The van der Waals surface area contributed by atoms with Gasteiger partial charge in [-0.3, -0.25) is 4.90 Å². The summed E-state index contributed by atoms with van der Waals surface area (Å²) < 4.78 is 5.38. The fraction of sp³-hybridized carbons (Fsp3) is 1.00. The van der Waals surface area contributed by atoms with Crippen molar-refractivity contribution in [2.24, 2.45) is 17.6 Å². The third kappa shape index (κ3) is 4.44. The van der Waals surface area contributed by atoms with Crippen LogP contribution in [0, 0.1) is 11.8 Å². The fourth-order valence-electron chi connectivity index (χ4n) is 4.34. The van der Waals surface area contributed by atoms with Crippen molar-refractivity contribution in [3.8, 4) is 0 Å². The van der Waals surface area contributed by atoms with E-state index in [1.54, 1.807) is 7.11 Å². The molecule has 0 heterocycles. The molecule has 0 spiro atoms. The number of methoxy groups -OCH3 is 1. The summed E-state index contributed by atoms with van der Waals surface area (Å²) in [4.78, 5) is 2.61. The highest BCUT2D eigenvalue weighted by molar-refractivity contribution is 4.98. The summed E-state index contributed by atoms with van der Waals surface area (Å²) in [5.74, 6) is 1.64. The molecule has 0 saturated heterocycles. The van der Waals surface area contributed by atoms with E-state index < -0.39 is 0 Å². The molecular formula is C17H36N2O. The van der Waals surface area contributed by atoms with Crippen molar-refractivity contribution < 1.29 is 4.74 Å². The van der Waals surface area contributed by atoms with Crippen molar-refractivity contribution in [2.45, 2.75) is 71.4 Å². The summed E-state index contributed by atoms with van der Waals surface area (Å²) in [6, 6.07) is 0.450. The first-order valence-electron chi connectivity index (χ1n) is 8.44. The van der Waals surface area contributed by atoms with E-state index >= 15 is 0 Å². The maximum Gasteiger partial charge on any atom is 0.0615 e. The molecule has 0 radical (unpaired) electrons. The van der Waals surface area contributed by atoms with Crippen molar-refractivity contribution in [2.75, 3.05) is 26.8 Å². The highest BCUT2D eigenvalue weighted by Crippen LogP contribution is 2.39. The van der Waals surface area contributed by atoms with Gasteiger partial charge in [0, 0.05) is 25.2 Å². The van der Waals surface area contributed by atoms with Gasteiger partial charge in [0.25, 0.3) is 0 Å². The van der Waals surface area contributed by atoms with Crippen LogP contribution < -0.4 is 5.73 Å². The average Bonchev–Trinajstić information content (AvgIpc) is 2.39. The molecule has 120 valence electrons. The van der Waals surface area contributed by atoms with E-state index in [-0.39, 0.29) is 5.54 Å². The van der Waals surface area contributed by atoms with Gasteiger partial charge in [0.1, 0.15) is 0 Å². The van der Waals surface area contributed by atoms with Crippen LogP contribution in [0.2, 0.25) is 0 Å². The number of rotatable bonds is 8. The molecule has 0 aromatic heterocycles. The predicted molar refractivity (Wildman–Crippen MR) is 86.9 cm³/mol. The van der Waals surface area contributed by atoms with Gasteiger partial charge in [0.2, 0.25) is 0 Å². The van der Waals surface area contributed by atoms with E-state index in [1.807, 2.05) is 0 Å². The lowest BCUT2D eigenvalue weighted by Gasteiger charge is -2.50. The van der Waals surface area contributed by atoms with Crippen LogP contribution in [-0.2, 0) is 4.74 Å². The minimum atomic E-state index is 0.199. The lowest BCUT2D eigenvalue weighted by Crippen LogP contribution is -2.60. The van der Waals surface area contributed by atoms with Crippen LogP contribution >= 0.6 is 0 Å². The van der Waals surface area contributed by atoms with Gasteiger partial charge < -0.3 is 10.5 Å². The van der Waals surface area contributed by atoms with Crippen molar-refractivity contribution in [1.29, 1.82) is 0 Å². The zero-order chi connectivity index (χ0) is 15.2. The van der Waals surface area contributed by atoms with Crippen LogP contribution in [0.25, 0.3) is 0 Å². The molecule has 2 N–H and O–H groups in total. The Morgan fingerprint density at radius 2 is 2.05 bits per heavy atom. The van der Waals surface area contributed by atoms with E-state index in [4.69, 9.17) is 10.5 Å². The lowest BCUT2D eigenvalue weighted by molar-refractivity contribution is -0.0161. The van der Waals surface area contributed by atoms with Crippen LogP contribution in [0.15, 0.2) is 0 Å². The zero-order valence-corrected chi connectivity index (χ0v) is 14.3. The molecule has 0 aliphatic heterocycles. The third-order valence-corrected chi connectivity index (χ3v) is 5.00. The second kappa shape index (κ2) is 8.35. The summed E-state index contributed by atoms with van der Waals surface area (Å²) in [6.45, 7) is 11.9. The topological polar surface area (TPSA) is 38.5 Å². The van der Waals surface area contributed by atoms with Crippen LogP contribution in [-0.4, -0.2) is 43.3 Å². The molecule has 20 heavy (non-hydrogen) atoms. The SMILES string of the molecule is CCN(C(C)COC)C1(CN)CCCC(CC(C)C)C1. The average molecular weight is 284 g/mol. The Labute approximate surface area is 126 Å². The van der Waals surface area contributed by atoms with Crippen LogP contribution in [0.4, 0.5) is 0 Å². The first-order valence-corrected chi connectivity index (χ1v) is 8.44. The minimum Gasteiger partial charge on any atom is -0.383 e. The van der Waals surface area contributed by atoms with E-state index in [0.29, 0.717) is 6.04 Å². The van der Waals surface area contributed by atoms with E-state index in [0.717, 1.165) is 31.5 Å². The Morgan fingerprint density at radius 3 is 2.55 bits per heavy atom. The summed E-state index contributed by atoms with van der Waals surface area (Å²) in [6.07, 6.45) is 6.57.